The van der Waals surface area contributed by atoms with E-state index in [0.717, 1.165) is 6.26 Å². The van der Waals surface area contributed by atoms with Crippen LogP contribution in [0.4, 0.5) is 0 Å². The van der Waals surface area contributed by atoms with E-state index in [4.69, 9.17) is 36.5 Å². The largest absolute Gasteiger partial charge is 0.530 e. The molecule has 0 saturated heterocycles. The smallest absolute Gasteiger partial charge is 0.460 e. The third kappa shape index (κ3) is 7.80. The van der Waals surface area contributed by atoms with Crippen LogP contribution in [0.5, 0.6) is 0 Å². The quantitative estimate of drug-likeness (QED) is 0.121. The SMILES string of the molecule is CCOC(=O)C(OP(=O)(OCC)OCC)=C(c1ccoc1C(=O)OCC)P(=O)(OCC)OCC. The van der Waals surface area contributed by atoms with Gasteiger partial charge in [-0.05, 0) is 47.6 Å². The molecule has 0 aliphatic heterocycles. The van der Waals surface area contributed by atoms with Crippen LogP contribution in [0.3, 0.4) is 0 Å². The maximum Gasteiger partial charge on any atom is 0.530 e. The van der Waals surface area contributed by atoms with Crippen molar-refractivity contribution in [1.82, 2.24) is 0 Å². The van der Waals surface area contributed by atoms with Gasteiger partial charge in [0, 0.05) is 5.56 Å². The van der Waals surface area contributed by atoms with Crippen LogP contribution in [0.2, 0.25) is 0 Å². The van der Waals surface area contributed by atoms with Crippen LogP contribution < -0.4 is 0 Å². The zero-order valence-electron chi connectivity index (χ0n) is 20.2. The molecule has 12 nitrogen and oxygen atoms in total. The second-order valence-corrected chi connectivity index (χ2v) is 9.54. The third-order valence-corrected chi connectivity index (χ3v) is 7.45. The number of carbonyl (C=O) groups is 2. The molecule has 1 rings (SSSR count). The van der Waals surface area contributed by atoms with Gasteiger partial charge in [-0.25, -0.2) is 14.2 Å². The topological polar surface area (TPSA) is 146 Å². The van der Waals surface area contributed by atoms with Gasteiger partial charge < -0.3 is 27.5 Å². The number of furan rings is 1. The number of hydrogen-bond acceptors (Lipinski definition) is 12. The van der Waals surface area contributed by atoms with Crippen LogP contribution in [-0.4, -0.2) is 51.6 Å². The molecular formula is C20H32O12P2. The van der Waals surface area contributed by atoms with Crippen molar-refractivity contribution in [2.75, 3.05) is 39.6 Å². The standard InChI is InChI=1S/C20H32O12P2/c1-7-25-19(21)16-15(13-14-27-16)18(33(23,28-9-3)29-10-4)17(20(22)26-8-2)32-34(24,30-11-5)31-12-6/h13-14H,7-12H2,1-6H3. The van der Waals surface area contributed by atoms with E-state index in [1.54, 1.807) is 20.8 Å². The van der Waals surface area contributed by atoms with E-state index >= 15 is 0 Å². The van der Waals surface area contributed by atoms with Crippen LogP contribution >= 0.6 is 15.4 Å². The van der Waals surface area contributed by atoms with Crippen molar-refractivity contribution in [3.05, 3.63) is 29.4 Å². The molecule has 1 aromatic heterocycles. The van der Waals surface area contributed by atoms with E-state index in [-0.39, 0.29) is 45.2 Å². The van der Waals surface area contributed by atoms with Crippen molar-refractivity contribution in [3.63, 3.8) is 0 Å². The van der Waals surface area contributed by atoms with Crippen molar-refractivity contribution in [2.45, 2.75) is 41.5 Å². The lowest BCUT2D eigenvalue weighted by Gasteiger charge is -2.24. The third-order valence-electron chi connectivity index (χ3n) is 3.71. The fourth-order valence-electron chi connectivity index (χ4n) is 2.64. The molecule has 0 saturated carbocycles. The molecule has 0 aliphatic rings. The number of phosphoric acid groups is 1. The summed E-state index contributed by atoms with van der Waals surface area (Å²) >= 11 is 0. The highest BCUT2D eigenvalue weighted by Gasteiger charge is 2.44. The normalized spacial score (nSPS) is 12.8. The van der Waals surface area contributed by atoms with Gasteiger partial charge in [0.25, 0.3) is 0 Å². The molecule has 0 amide bonds. The Bertz CT molecular complexity index is 916. The van der Waals surface area contributed by atoms with Gasteiger partial charge in [0.2, 0.25) is 11.5 Å². The molecule has 0 aliphatic carbocycles. The Balaban J connectivity index is 4.04. The molecular weight excluding hydrogens is 494 g/mol. The zero-order chi connectivity index (χ0) is 25.8. The first-order chi connectivity index (χ1) is 16.2. The molecule has 0 N–H and O–H groups in total. The van der Waals surface area contributed by atoms with Gasteiger partial charge in [-0.2, -0.15) is 0 Å². The summed E-state index contributed by atoms with van der Waals surface area (Å²) < 4.78 is 68.9. The average molecular weight is 526 g/mol. The Hall–Kier alpha value is -1.94. The minimum atomic E-state index is -4.41. The Labute approximate surface area is 199 Å². The summed E-state index contributed by atoms with van der Waals surface area (Å²) in [6.07, 6.45) is 1.11. The predicted octanol–water partition coefficient (Wildman–Crippen LogP) is 5.15. The van der Waals surface area contributed by atoms with Gasteiger partial charge in [0.05, 0.1) is 45.9 Å². The first-order valence-electron chi connectivity index (χ1n) is 10.8. The highest BCUT2D eigenvalue weighted by molar-refractivity contribution is 7.65. The fraction of sp³-hybridized carbons (Fsp3) is 0.600. The summed E-state index contributed by atoms with van der Waals surface area (Å²) in [5.74, 6) is -3.35. The van der Waals surface area contributed by atoms with E-state index in [1.165, 1.54) is 26.8 Å². The molecule has 1 aromatic rings. The number of hydrogen-bond donors (Lipinski definition) is 0. The summed E-state index contributed by atoms with van der Waals surface area (Å²) in [7, 11) is -8.81. The van der Waals surface area contributed by atoms with Gasteiger partial charge in [-0.1, -0.05) is 0 Å². The molecule has 14 heteroatoms. The Morgan fingerprint density at radius 3 is 1.79 bits per heavy atom. The van der Waals surface area contributed by atoms with Gasteiger partial charge >= 0.3 is 27.4 Å². The molecule has 0 unspecified atom stereocenters. The monoisotopic (exact) mass is 526 g/mol. The van der Waals surface area contributed by atoms with Crippen LogP contribution in [0.25, 0.3) is 5.31 Å². The molecule has 0 spiro atoms. The van der Waals surface area contributed by atoms with Crippen molar-refractivity contribution >= 4 is 32.7 Å². The fourth-order valence-corrected chi connectivity index (χ4v) is 5.79. The number of carbonyl (C=O) groups excluding carboxylic acids is 2. The minimum absolute atomic E-state index is 0.0116. The molecule has 0 fully saturated rings. The number of esters is 2. The second kappa shape index (κ2) is 14.5. The molecule has 0 atom stereocenters. The van der Waals surface area contributed by atoms with Crippen molar-refractivity contribution in [1.29, 1.82) is 0 Å². The Morgan fingerprint density at radius 2 is 1.32 bits per heavy atom. The number of ether oxygens (including phenoxy) is 2. The van der Waals surface area contributed by atoms with E-state index in [0.29, 0.717) is 0 Å². The van der Waals surface area contributed by atoms with Crippen molar-refractivity contribution in [3.8, 4) is 0 Å². The minimum Gasteiger partial charge on any atom is -0.460 e. The highest BCUT2D eigenvalue weighted by atomic mass is 31.2. The van der Waals surface area contributed by atoms with Gasteiger partial charge in [-0.3, -0.25) is 13.6 Å². The zero-order valence-corrected chi connectivity index (χ0v) is 22.0. The maximum atomic E-state index is 13.9. The molecule has 1 heterocycles. The summed E-state index contributed by atoms with van der Waals surface area (Å²) in [6.45, 7) is 8.72. The lowest BCUT2D eigenvalue weighted by molar-refractivity contribution is -0.141. The predicted molar refractivity (Wildman–Crippen MR) is 121 cm³/mol. The second-order valence-electron chi connectivity index (χ2n) is 5.99. The molecule has 194 valence electrons. The van der Waals surface area contributed by atoms with Crippen LogP contribution in [0.1, 0.15) is 57.7 Å². The maximum absolute atomic E-state index is 13.9. The van der Waals surface area contributed by atoms with E-state index in [9.17, 15) is 18.7 Å². The average Bonchev–Trinajstić information content (AvgIpc) is 3.23. The molecule has 0 bridgehead atoms. The lowest BCUT2D eigenvalue weighted by atomic mass is 10.2. The summed E-state index contributed by atoms with van der Waals surface area (Å²) in [5, 5.41) is -0.550. The first kappa shape index (κ1) is 30.1. The number of rotatable bonds is 16. The van der Waals surface area contributed by atoms with Crippen molar-refractivity contribution in [2.24, 2.45) is 0 Å². The highest BCUT2D eigenvalue weighted by Crippen LogP contribution is 2.64. The van der Waals surface area contributed by atoms with E-state index in [2.05, 4.69) is 0 Å². The van der Waals surface area contributed by atoms with Crippen LogP contribution in [0.15, 0.2) is 22.5 Å². The molecule has 34 heavy (non-hydrogen) atoms. The van der Waals surface area contributed by atoms with E-state index in [1.807, 2.05) is 0 Å². The van der Waals surface area contributed by atoms with E-state index < -0.39 is 44.2 Å². The van der Waals surface area contributed by atoms with Crippen LogP contribution in [0, 0.1) is 0 Å². The summed E-state index contributed by atoms with van der Waals surface area (Å²) in [6, 6.07) is 1.24. The van der Waals surface area contributed by atoms with Gasteiger partial charge in [0.15, 0.2) is 0 Å². The summed E-state index contributed by atoms with van der Waals surface area (Å²) in [4.78, 5) is 25.5. The number of phosphoric ester groups is 1. The Kier molecular flexibility index (Phi) is 12.8. The lowest BCUT2D eigenvalue weighted by Crippen LogP contribution is -2.16. The van der Waals surface area contributed by atoms with Gasteiger partial charge in [0.1, 0.15) is 5.31 Å². The first-order valence-corrected chi connectivity index (χ1v) is 13.8. The summed E-state index contributed by atoms with van der Waals surface area (Å²) in [5.41, 5.74) is -0.203. The van der Waals surface area contributed by atoms with Crippen molar-refractivity contribution < 1.29 is 55.2 Å². The molecule has 0 radical (unpaired) electrons. The van der Waals surface area contributed by atoms with Crippen LogP contribution in [-0.2, 0) is 46.0 Å². The van der Waals surface area contributed by atoms with Gasteiger partial charge in [-0.15, -0.1) is 0 Å². The Morgan fingerprint density at radius 1 is 0.794 bits per heavy atom. The molecule has 0 aromatic carbocycles.